The number of anilines is 3. The standard InChI is InChI=1S/C24H28N8O6/c1-24(2,3)37-23(35)26-11-17-29-21(32-38-17)13-6-5-7-14(19(13)36-4)27-15-10-16(28-22(34)12-8-9-12)30-31-18(15)20(25)33/h5-7,10,12H,8-9,11H2,1-4H3,(H2,25,33)(H,26,35)(H2,27,28,30,34). The maximum absolute atomic E-state index is 12.1. The van der Waals surface area contributed by atoms with Crippen LogP contribution in [0.15, 0.2) is 28.8 Å². The van der Waals surface area contributed by atoms with E-state index in [0.29, 0.717) is 17.0 Å². The van der Waals surface area contributed by atoms with Gasteiger partial charge in [-0.15, -0.1) is 10.2 Å². The summed E-state index contributed by atoms with van der Waals surface area (Å²) < 4.78 is 16.1. The van der Waals surface area contributed by atoms with Crippen LogP contribution in [0.3, 0.4) is 0 Å². The van der Waals surface area contributed by atoms with Crippen molar-refractivity contribution in [1.82, 2.24) is 25.7 Å². The maximum atomic E-state index is 12.1. The van der Waals surface area contributed by atoms with Crippen LogP contribution in [0.5, 0.6) is 5.75 Å². The Balaban J connectivity index is 1.56. The first-order chi connectivity index (χ1) is 18.0. The molecule has 200 valence electrons. The van der Waals surface area contributed by atoms with Crippen LogP contribution in [0.4, 0.5) is 22.0 Å². The molecule has 14 nitrogen and oxygen atoms in total. The molecular weight excluding hydrogens is 496 g/mol. The zero-order chi connectivity index (χ0) is 27.4. The smallest absolute Gasteiger partial charge is 0.408 e. The lowest BCUT2D eigenvalue weighted by atomic mass is 10.1. The predicted molar refractivity (Wildman–Crippen MR) is 135 cm³/mol. The number of para-hydroxylation sites is 1. The van der Waals surface area contributed by atoms with E-state index in [4.69, 9.17) is 19.7 Å². The number of nitrogens with two attached hydrogens (primary N) is 1. The van der Waals surface area contributed by atoms with Crippen LogP contribution in [0.2, 0.25) is 0 Å². The van der Waals surface area contributed by atoms with Crippen molar-refractivity contribution in [3.63, 3.8) is 0 Å². The molecule has 14 heteroatoms. The minimum atomic E-state index is -0.810. The van der Waals surface area contributed by atoms with Crippen LogP contribution in [0, 0.1) is 5.92 Å². The summed E-state index contributed by atoms with van der Waals surface area (Å²) in [6, 6.07) is 6.58. The quantitative estimate of drug-likeness (QED) is 0.321. The number of alkyl carbamates (subject to hydrolysis) is 1. The van der Waals surface area contributed by atoms with E-state index >= 15 is 0 Å². The van der Waals surface area contributed by atoms with Crippen LogP contribution >= 0.6 is 0 Å². The number of nitrogens with one attached hydrogen (secondary N) is 3. The number of amides is 3. The van der Waals surface area contributed by atoms with E-state index < -0.39 is 17.6 Å². The highest BCUT2D eigenvalue weighted by molar-refractivity contribution is 5.99. The number of aromatic nitrogens is 4. The Hall–Kier alpha value is -4.75. The fourth-order valence-corrected chi connectivity index (χ4v) is 3.38. The van der Waals surface area contributed by atoms with E-state index in [2.05, 4.69) is 36.3 Å². The second kappa shape index (κ2) is 10.7. The number of methoxy groups -OCH3 is 1. The van der Waals surface area contributed by atoms with Gasteiger partial charge in [-0.25, -0.2) is 4.79 Å². The molecule has 3 aromatic rings. The summed E-state index contributed by atoms with van der Waals surface area (Å²) in [7, 11) is 1.45. The SMILES string of the molecule is COc1c(Nc2cc(NC(=O)C3CC3)nnc2C(N)=O)cccc1-c1noc(CNC(=O)OC(C)(C)C)n1. The van der Waals surface area contributed by atoms with E-state index in [1.165, 1.54) is 13.2 Å². The Morgan fingerprint density at radius 2 is 1.92 bits per heavy atom. The molecule has 1 saturated carbocycles. The molecule has 0 aliphatic heterocycles. The molecular formula is C24H28N8O6. The lowest BCUT2D eigenvalue weighted by Gasteiger charge is -2.19. The highest BCUT2D eigenvalue weighted by Crippen LogP contribution is 2.37. The van der Waals surface area contributed by atoms with Gasteiger partial charge in [-0.2, -0.15) is 4.98 Å². The Labute approximate surface area is 217 Å². The van der Waals surface area contributed by atoms with Crippen molar-refractivity contribution < 1.29 is 28.4 Å². The van der Waals surface area contributed by atoms with Crippen LogP contribution in [-0.2, 0) is 16.1 Å². The average molecular weight is 525 g/mol. The van der Waals surface area contributed by atoms with Gasteiger partial charge >= 0.3 is 6.09 Å². The lowest BCUT2D eigenvalue weighted by molar-refractivity contribution is -0.117. The molecule has 2 aromatic heterocycles. The highest BCUT2D eigenvalue weighted by atomic mass is 16.6. The summed E-state index contributed by atoms with van der Waals surface area (Å²) in [6.07, 6.45) is 1.02. The summed E-state index contributed by atoms with van der Waals surface area (Å²) in [5.41, 5.74) is 5.82. The van der Waals surface area contributed by atoms with Gasteiger partial charge in [-0.1, -0.05) is 11.2 Å². The van der Waals surface area contributed by atoms with Gasteiger partial charge in [0.05, 0.1) is 24.0 Å². The number of hydrogen-bond donors (Lipinski definition) is 4. The van der Waals surface area contributed by atoms with Crippen molar-refractivity contribution in [2.75, 3.05) is 17.7 Å². The largest absolute Gasteiger partial charge is 0.494 e. The van der Waals surface area contributed by atoms with E-state index in [1.54, 1.807) is 39.0 Å². The van der Waals surface area contributed by atoms with Crippen molar-refractivity contribution in [3.8, 4) is 17.1 Å². The molecule has 38 heavy (non-hydrogen) atoms. The van der Waals surface area contributed by atoms with Gasteiger partial charge in [-0.3, -0.25) is 9.59 Å². The predicted octanol–water partition coefficient (Wildman–Crippen LogP) is 2.75. The molecule has 0 atom stereocenters. The molecule has 4 rings (SSSR count). The van der Waals surface area contributed by atoms with E-state index in [1.807, 2.05) is 0 Å². The molecule has 5 N–H and O–H groups in total. The molecule has 1 fully saturated rings. The first-order valence-electron chi connectivity index (χ1n) is 11.8. The molecule has 1 aliphatic carbocycles. The second-order valence-corrected chi connectivity index (χ2v) is 9.50. The molecule has 2 heterocycles. The van der Waals surface area contributed by atoms with Gasteiger partial charge in [0, 0.05) is 12.0 Å². The highest BCUT2D eigenvalue weighted by Gasteiger charge is 2.30. The molecule has 0 radical (unpaired) electrons. The third-order valence-corrected chi connectivity index (χ3v) is 5.21. The zero-order valence-electron chi connectivity index (χ0n) is 21.3. The molecule has 0 spiro atoms. The third kappa shape index (κ3) is 6.52. The van der Waals surface area contributed by atoms with E-state index in [-0.39, 0.29) is 47.3 Å². The van der Waals surface area contributed by atoms with E-state index in [9.17, 15) is 14.4 Å². The summed E-state index contributed by atoms with van der Waals surface area (Å²) in [6.45, 7) is 5.22. The molecule has 1 aromatic carbocycles. The van der Waals surface area contributed by atoms with Gasteiger partial charge in [-0.05, 0) is 45.7 Å². The molecule has 0 unspecified atom stereocenters. The Kier molecular flexibility index (Phi) is 7.41. The number of nitrogens with zero attached hydrogens (tertiary/aromatic N) is 4. The average Bonchev–Trinajstić information content (AvgIpc) is 3.59. The summed E-state index contributed by atoms with van der Waals surface area (Å²) in [5.74, 6) is -0.162. The number of carbonyl (C=O) groups is 3. The number of rotatable bonds is 9. The lowest BCUT2D eigenvalue weighted by Crippen LogP contribution is -2.32. The first kappa shape index (κ1) is 26.3. The van der Waals surface area contributed by atoms with Crippen molar-refractivity contribution in [2.45, 2.75) is 45.8 Å². The number of carbonyl (C=O) groups excluding carboxylic acids is 3. The number of primary amides is 1. The van der Waals surface area contributed by atoms with Gasteiger partial charge in [0.1, 0.15) is 12.1 Å². The van der Waals surface area contributed by atoms with E-state index in [0.717, 1.165) is 12.8 Å². The Bertz CT molecular complexity index is 1360. The van der Waals surface area contributed by atoms with Crippen molar-refractivity contribution in [1.29, 1.82) is 0 Å². The van der Waals surface area contributed by atoms with Crippen LogP contribution in [-0.4, -0.2) is 51.0 Å². The topological polar surface area (TPSA) is 196 Å². The summed E-state index contributed by atoms with van der Waals surface area (Å²) in [4.78, 5) is 40.4. The third-order valence-electron chi connectivity index (χ3n) is 5.21. The molecule has 1 aliphatic rings. The zero-order valence-corrected chi connectivity index (χ0v) is 21.3. The van der Waals surface area contributed by atoms with Gasteiger partial charge in [0.15, 0.2) is 17.3 Å². The normalized spacial score (nSPS) is 12.9. The second-order valence-electron chi connectivity index (χ2n) is 9.50. The van der Waals surface area contributed by atoms with Crippen molar-refractivity contribution >= 4 is 35.1 Å². The monoisotopic (exact) mass is 524 g/mol. The van der Waals surface area contributed by atoms with Gasteiger partial charge in [0.2, 0.25) is 17.6 Å². The van der Waals surface area contributed by atoms with Crippen LogP contribution in [0.25, 0.3) is 11.4 Å². The van der Waals surface area contributed by atoms with Gasteiger partial charge < -0.3 is 35.7 Å². The maximum Gasteiger partial charge on any atom is 0.408 e. The Morgan fingerprint density at radius 1 is 1.16 bits per heavy atom. The fourth-order valence-electron chi connectivity index (χ4n) is 3.38. The molecule has 0 bridgehead atoms. The number of ether oxygens (including phenoxy) is 2. The minimum absolute atomic E-state index is 0.0395. The van der Waals surface area contributed by atoms with Crippen LogP contribution < -0.4 is 26.4 Å². The first-order valence-corrected chi connectivity index (χ1v) is 11.8. The Morgan fingerprint density at radius 3 is 2.58 bits per heavy atom. The van der Waals surface area contributed by atoms with Gasteiger partial charge in [0.25, 0.3) is 5.91 Å². The summed E-state index contributed by atoms with van der Waals surface area (Å²) in [5, 5.41) is 20.1. The van der Waals surface area contributed by atoms with Crippen molar-refractivity contribution in [3.05, 3.63) is 35.9 Å². The number of hydrogen-bond acceptors (Lipinski definition) is 11. The number of benzene rings is 1. The van der Waals surface area contributed by atoms with Crippen molar-refractivity contribution in [2.24, 2.45) is 11.7 Å². The summed E-state index contributed by atoms with van der Waals surface area (Å²) >= 11 is 0. The molecule has 3 amide bonds. The minimum Gasteiger partial charge on any atom is -0.494 e. The van der Waals surface area contributed by atoms with Crippen LogP contribution in [0.1, 0.15) is 50.0 Å². The molecule has 0 saturated heterocycles. The fraction of sp³-hybridized carbons (Fsp3) is 0.375.